The summed E-state index contributed by atoms with van der Waals surface area (Å²) in [7, 11) is 0. The zero-order valence-electron chi connectivity index (χ0n) is 12.6. The van der Waals surface area contributed by atoms with Gasteiger partial charge in [-0.1, -0.05) is 18.2 Å². The van der Waals surface area contributed by atoms with Crippen molar-refractivity contribution in [3.8, 4) is 0 Å². The van der Waals surface area contributed by atoms with E-state index < -0.39 is 5.97 Å². The Morgan fingerprint density at radius 1 is 1.30 bits per heavy atom. The van der Waals surface area contributed by atoms with Crippen LogP contribution >= 0.6 is 0 Å². The minimum atomic E-state index is -1.04. The number of pyridine rings is 1. The zero-order valence-corrected chi connectivity index (χ0v) is 12.6. The van der Waals surface area contributed by atoms with E-state index in [1.54, 1.807) is 24.3 Å². The first-order valence-corrected chi connectivity index (χ1v) is 7.57. The van der Waals surface area contributed by atoms with Crippen LogP contribution in [0.1, 0.15) is 16.9 Å². The number of nitrogens with one attached hydrogen (secondary N) is 1. The molecule has 1 unspecified atom stereocenters. The minimum absolute atomic E-state index is 0.0226. The molecule has 2 heterocycles. The molecule has 0 amide bonds. The van der Waals surface area contributed by atoms with Crippen molar-refractivity contribution < 1.29 is 14.3 Å². The van der Waals surface area contributed by atoms with Crippen LogP contribution in [0.15, 0.2) is 42.5 Å². The highest BCUT2D eigenvalue weighted by atomic mass is 19.1. The van der Waals surface area contributed by atoms with E-state index >= 15 is 0 Å². The van der Waals surface area contributed by atoms with Crippen molar-refractivity contribution in [1.82, 2.24) is 4.98 Å². The molecule has 0 saturated carbocycles. The van der Waals surface area contributed by atoms with Crippen LogP contribution in [-0.2, 0) is 0 Å². The molecule has 1 aromatic heterocycles. The van der Waals surface area contributed by atoms with E-state index in [0.29, 0.717) is 24.0 Å². The Morgan fingerprint density at radius 3 is 2.91 bits per heavy atom. The Morgan fingerprint density at radius 2 is 2.13 bits per heavy atom. The summed E-state index contributed by atoms with van der Waals surface area (Å²) in [5.74, 6) is -0.323. The molecular formula is C17H18FN3O2. The van der Waals surface area contributed by atoms with Gasteiger partial charge in [-0.05, 0) is 36.6 Å². The first kappa shape index (κ1) is 15.3. The molecule has 0 radical (unpaired) electrons. The van der Waals surface area contributed by atoms with Crippen LogP contribution in [-0.4, -0.2) is 35.7 Å². The minimum Gasteiger partial charge on any atom is -0.477 e. The van der Waals surface area contributed by atoms with Gasteiger partial charge in [0.2, 0.25) is 0 Å². The van der Waals surface area contributed by atoms with Crippen LogP contribution < -0.4 is 10.2 Å². The molecule has 1 saturated heterocycles. The average Bonchev–Trinajstić information content (AvgIpc) is 3.02. The zero-order chi connectivity index (χ0) is 16.2. The summed E-state index contributed by atoms with van der Waals surface area (Å²) in [6.07, 6.45) is 0.958. The topological polar surface area (TPSA) is 65.5 Å². The number of rotatable bonds is 5. The normalized spacial score (nSPS) is 17.3. The molecule has 2 N–H and O–H groups in total. The third-order valence-corrected chi connectivity index (χ3v) is 4.02. The van der Waals surface area contributed by atoms with E-state index in [0.717, 1.165) is 19.5 Å². The summed E-state index contributed by atoms with van der Waals surface area (Å²) < 4.78 is 13.8. The molecule has 6 heteroatoms. The average molecular weight is 315 g/mol. The standard InChI is InChI=1S/C17H18FN3O2/c18-13-4-1-2-6-15(13)21-9-8-12(11-21)10-19-16-7-3-5-14(20-16)17(22)23/h1-7,12H,8-11H2,(H,19,20)(H,22,23). The van der Waals surface area contributed by atoms with Gasteiger partial charge in [-0.3, -0.25) is 0 Å². The van der Waals surface area contributed by atoms with Gasteiger partial charge in [0.15, 0.2) is 5.69 Å². The smallest absolute Gasteiger partial charge is 0.354 e. The third kappa shape index (κ3) is 3.59. The number of anilines is 2. The van der Waals surface area contributed by atoms with E-state index in [1.165, 1.54) is 12.1 Å². The van der Waals surface area contributed by atoms with Crippen molar-refractivity contribution in [1.29, 1.82) is 0 Å². The molecular weight excluding hydrogens is 297 g/mol. The number of carboxylic acid groups (broad SMARTS) is 1. The number of hydrogen-bond donors (Lipinski definition) is 2. The number of aromatic carboxylic acids is 1. The lowest BCUT2D eigenvalue weighted by molar-refractivity contribution is 0.0690. The maximum absolute atomic E-state index is 13.8. The highest BCUT2D eigenvalue weighted by Crippen LogP contribution is 2.26. The van der Waals surface area contributed by atoms with E-state index in [-0.39, 0.29) is 11.5 Å². The molecule has 1 fully saturated rings. The highest BCUT2D eigenvalue weighted by molar-refractivity contribution is 5.85. The van der Waals surface area contributed by atoms with Gasteiger partial charge in [0.05, 0.1) is 5.69 Å². The van der Waals surface area contributed by atoms with Crippen molar-refractivity contribution in [2.45, 2.75) is 6.42 Å². The quantitative estimate of drug-likeness (QED) is 0.888. The van der Waals surface area contributed by atoms with Gasteiger partial charge in [-0.15, -0.1) is 0 Å². The summed E-state index contributed by atoms with van der Waals surface area (Å²) in [4.78, 5) is 17.0. The lowest BCUT2D eigenvalue weighted by Gasteiger charge is -2.19. The van der Waals surface area contributed by atoms with Gasteiger partial charge in [-0.2, -0.15) is 0 Å². The molecule has 5 nitrogen and oxygen atoms in total. The Bertz CT molecular complexity index is 708. The molecule has 23 heavy (non-hydrogen) atoms. The summed E-state index contributed by atoms with van der Waals surface area (Å²) >= 11 is 0. The third-order valence-electron chi connectivity index (χ3n) is 4.02. The van der Waals surface area contributed by atoms with Crippen molar-refractivity contribution in [2.24, 2.45) is 5.92 Å². The number of benzene rings is 1. The monoisotopic (exact) mass is 315 g/mol. The first-order valence-electron chi connectivity index (χ1n) is 7.57. The predicted molar refractivity (Wildman–Crippen MR) is 86.4 cm³/mol. The van der Waals surface area contributed by atoms with Crippen LogP contribution in [0.4, 0.5) is 15.9 Å². The van der Waals surface area contributed by atoms with Gasteiger partial charge in [-0.25, -0.2) is 14.2 Å². The Kier molecular flexibility index (Phi) is 4.41. The lowest BCUT2D eigenvalue weighted by atomic mass is 10.1. The van der Waals surface area contributed by atoms with E-state index in [4.69, 9.17) is 5.11 Å². The summed E-state index contributed by atoms with van der Waals surface area (Å²) in [5.41, 5.74) is 0.662. The SMILES string of the molecule is O=C(O)c1cccc(NCC2CCN(c3ccccc3F)C2)n1. The van der Waals surface area contributed by atoms with Crippen LogP contribution in [0.5, 0.6) is 0 Å². The fourth-order valence-corrected chi connectivity index (χ4v) is 2.83. The van der Waals surface area contributed by atoms with Gasteiger partial charge in [0.1, 0.15) is 11.6 Å². The molecule has 1 aliphatic heterocycles. The van der Waals surface area contributed by atoms with Crippen molar-refractivity contribution in [3.63, 3.8) is 0 Å². The molecule has 1 aromatic carbocycles. The molecule has 3 rings (SSSR count). The second-order valence-corrected chi connectivity index (χ2v) is 5.65. The van der Waals surface area contributed by atoms with Crippen molar-refractivity contribution in [3.05, 3.63) is 54.0 Å². The maximum Gasteiger partial charge on any atom is 0.354 e. The summed E-state index contributed by atoms with van der Waals surface area (Å²) in [6.45, 7) is 2.27. The Labute approximate surface area is 133 Å². The van der Waals surface area contributed by atoms with Gasteiger partial charge in [0, 0.05) is 19.6 Å². The number of hydrogen-bond acceptors (Lipinski definition) is 4. The number of nitrogens with zero attached hydrogens (tertiary/aromatic N) is 2. The highest BCUT2D eigenvalue weighted by Gasteiger charge is 2.24. The Hall–Kier alpha value is -2.63. The van der Waals surface area contributed by atoms with Crippen molar-refractivity contribution >= 4 is 17.5 Å². The van der Waals surface area contributed by atoms with E-state index in [9.17, 15) is 9.18 Å². The fraction of sp³-hybridized carbons (Fsp3) is 0.294. The van der Waals surface area contributed by atoms with Crippen LogP contribution in [0.25, 0.3) is 0 Å². The predicted octanol–water partition coefficient (Wildman–Crippen LogP) is 2.86. The number of halogens is 1. The number of carboxylic acids is 1. The molecule has 1 aliphatic rings. The second kappa shape index (κ2) is 6.64. The van der Waals surface area contributed by atoms with Gasteiger partial charge in [0.25, 0.3) is 0 Å². The Balaban J connectivity index is 1.57. The molecule has 1 atom stereocenters. The van der Waals surface area contributed by atoms with Crippen molar-refractivity contribution in [2.75, 3.05) is 29.9 Å². The first-order chi connectivity index (χ1) is 11.1. The molecule has 0 spiro atoms. The molecule has 0 aliphatic carbocycles. The number of carbonyl (C=O) groups is 1. The van der Waals surface area contributed by atoms with Gasteiger partial charge >= 0.3 is 5.97 Å². The molecule has 2 aromatic rings. The second-order valence-electron chi connectivity index (χ2n) is 5.65. The van der Waals surface area contributed by atoms with Crippen LogP contribution in [0.3, 0.4) is 0 Å². The fourth-order valence-electron chi connectivity index (χ4n) is 2.83. The number of para-hydroxylation sites is 1. The van der Waals surface area contributed by atoms with E-state index in [2.05, 4.69) is 10.3 Å². The maximum atomic E-state index is 13.8. The summed E-state index contributed by atoms with van der Waals surface area (Å²) in [5, 5.41) is 12.1. The molecule has 0 bridgehead atoms. The number of aromatic nitrogens is 1. The summed E-state index contributed by atoms with van der Waals surface area (Å²) in [6, 6.07) is 11.7. The largest absolute Gasteiger partial charge is 0.477 e. The van der Waals surface area contributed by atoms with Gasteiger partial charge < -0.3 is 15.3 Å². The lowest BCUT2D eigenvalue weighted by Crippen LogP contribution is -2.23. The van der Waals surface area contributed by atoms with Crippen LogP contribution in [0.2, 0.25) is 0 Å². The van der Waals surface area contributed by atoms with E-state index in [1.807, 2.05) is 11.0 Å². The van der Waals surface area contributed by atoms with Crippen LogP contribution in [0, 0.1) is 11.7 Å². The molecule has 120 valence electrons.